The minimum atomic E-state index is -4.37. The third-order valence-corrected chi connectivity index (χ3v) is 3.53. The lowest BCUT2D eigenvalue weighted by Gasteiger charge is -2.14. The number of hydrogen-bond donors (Lipinski definition) is 1. The Morgan fingerprint density at radius 3 is 2.18 bits per heavy atom. The van der Waals surface area contributed by atoms with Crippen molar-refractivity contribution in [2.24, 2.45) is 5.73 Å². The van der Waals surface area contributed by atoms with Gasteiger partial charge in [0.05, 0.1) is 5.56 Å². The van der Waals surface area contributed by atoms with Gasteiger partial charge in [0.25, 0.3) is 0 Å². The second-order valence-electron chi connectivity index (χ2n) is 5.16. The topological polar surface area (TPSA) is 51.8 Å². The third kappa shape index (κ3) is 3.62. The van der Waals surface area contributed by atoms with Crippen LogP contribution in [0.15, 0.2) is 24.3 Å². The van der Waals surface area contributed by atoms with Crippen molar-refractivity contribution in [2.75, 3.05) is 6.54 Å². The van der Waals surface area contributed by atoms with Crippen LogP contribution in [-0.2, 0) is 19.0 Å². The summed E-state index contributed by atoms with van der Waals surface area (Å²) in [5.74, 6) is 0.396. The van der Waals surface area contributed by atoms with Crippen LogP contribution in [0.3, 0.4) is 0 Å². The number of halogens is 3. The maximum Gasteiger partial charge on any atom is 0.416 e. The molecule has 0 fully saturated rings. The van der Waals surface area contributed by atoms with Crippen molar-refractivity contribution in [3.8, 4) is 0 Å². The molecule has 22 heavy (non-hydrogen) atoms. The van der Waals surface area contributed by atoms with E-state index in [1.165, 1.54) is 12.1 Å². The highest BCUT2D eigenvalue weighted by atomic mass is 19.4. The molecule has 118 valence electrons. The summed E-state index contributed by atoms with van der Waals surface area (Å²) in [7, 11) is 0. The van der Waals surface area contributed by atoms with Crippen LogP contribution in [0, 0.1) is 13.8 Å². The average molecular weight is 309 g/mol. The molecule has 0 aliphatic heterocycles. The largest absolute Gasteiger partial charge is 0.416 e. The number of nitrogens with two attached hydrogens (primary N) is 1. The fourth-order valence-electron chi connectivity index (χ4n) is 2.52. The Balaban J connectivity index is 2.37. The van der Waals surface area contributed by atoms with Gasteiger partial charge >= 0.3 is 6.18 Å². The van der Waals surface area contributed by atoms with Crippen LogP contribution in [-0.4, -0.2) is 16.5 Å². The van der Waals surface area contributed by atoms with Gasteiger partial charge in [-0.2, -0.15) is 13.2 Å². The zero-order valence-corrected chi connectivity index (χ0v) is 12.5. The van der Waals surface area contributed by atoms with E-state index in [0.29, 0.717) is 18.8 Å². The lowest BCUT2D eigenvalue weighted by atomic mass is 10.0. The standard InChI is InChI=1S/C16H18F3N3/c1-10-13(7-8-20)11(2)22-15(21-10)9-12-5-3-4-6-14(12)16(17,18)19/h3-6H,7-9,20H2,1-2H3. The minimum absolute atomic E-state index is 0.0558. The first kappa shape index (κ1) is 16.4. The smallest absolute Gasteiger partial charge is 0.330 e. The van der Waals surface area contributed by atoms with E-state index in [0.717, 1.165) is 23.0 Å². The molecule has 1 heterocycles. The predicted octanol–water partition coefficient (Wildman–Crippen LogP) is 3.20. The predicted molar refractivity (Wildman–Crippen MR) is 78.5 cm³/mol. The minimum Gasteiger partial charge on any atom is -0.330 e. The molecule has 0 amide bonds. The van der Waals surface area contributed by atoms with Crippen molar-refractivity contribution in [1.29, 1.82) is 0 Å². The summed E-state index contributed by atoms with van der Waals surface area (Å²) >= 11 is 0. The highest BCUT2D eigenvalue weighted by molar-refractivity contribution is 5.33. The summed E-state index contributed by atoms with van der Waals surface area (Å²) in [4.78, 5) is 8.67. The van der Waals surface area contributed by atoms with E-state index in [9.17, 15) is 13.2 Å². The quantitative estimate of drug-likeness (QED) is 0.943. The highest BCUT2D eigenvalue weighted by Crippen LogP contribution is 2.32. The van der Waals surface area contributed by atoms with Gasteiger partial charge in [-0.3, -0.25) is 0 Å². The van der Waals surface area contributed by atoms with Gasteiger partial charge in [0.1, 0.15) is 5.82 Å². The van der Waals surface area contributed by atoms with Gasteiger partial charge in [0.2, 0.25) is 0 Å². The molecule has 0 bridgehead atoms. The molecule has 0 saturated carbocycles. The summed E-state index contributed by atoms with van der Waals surface area (Å²) in [6.45, 7) is 4.15. The molecule has 0 radical (unpaired) electrons. The first-order valence-electron chi connectivity index (χ1n) is 7.01. The molecule has 0 unspecified atom stereocenters. The molecular weight excluding hydrogens is 291 g/mol. The lowest BCUT2D eigenvalue weighted by molar-refractivity contribution is -0.138. The van der Waals surface area contributed by atoms with Crippen LogP contribution in [0.5, 0.6) is 0 Å². The van der Waals surface area contributed by atoms with E-state index >= 15 is 0 Å². The summed E-state index contributed by atoms with van der Waals surface area (Å²) in [6.07, 6.45) is -3.66. The molecule has 0 aliphatic carbocycles. The third-order valence-electron chi connectivity index (χ3n) is 3.53. The molecule has 0 saturated heterocycles. The molecule has 2 rings (SSSR count). The van der Waals surface area contributed by atoms with Crippen molar-refractivity contribution >= 4 is 0 Å². The number of rotatable bonds is 4. The van der Waals surface area contributed by atoms with Crippen molar-refractivity contribution in [3.05, 3.63) is 58.2 Å². The monoisotopic (exact) mass is 309 g/mol. The molecule has 2 N–H and O–H groups in total. The normalized spacial score (nSPS) is 11.7. The van der Waals surface area contributed by atoms with Crippen molar-refractivity contribution in [1.82, 2.24) is 9.97 Å². The van der Waals surface area contributed by atoms with Gasteiger partial charge in [0, 0.05) is 17.8 Å². The number of benzene rings is 1. The van der Waals surface area contributed by atoms with Crippen LogP contribution in [0.1, 0.15) is 33.9 Å². The lowest BCUT2D eigenvalue weighted by Crippen LogP contribution is -2.13. The number of alkyl halides is 3. The zero-order chi connectivity index (χ0) is 16.3. The Labute approximate surface area is 127 Å². The molecule has 1 aromatic heterocycles. The molecule has 1 aromatic carbocycles. The molecule has 3 nitrogen and oxygen atoms in total. The van der Waals surface area contributed by atoms with Gasteiger partial charge in [-0.15, -0.1) is 0 Å². The molecule has 0 atom stereocenters. The Hall–Kier alpha value is -1.95. The van der Waals surface area contributed by atoms with E-state index in [2.05, 4.69) is 9.97 Å². The van der Waals surface area contributed by atoms with Gasteiger partial charge < -0.3 is 5.73 Å². The summed E-state index contributed by atoms with van der Waals surface area (Å²) in [5, 5.41) is 0. The number of aryl methyl sites for hydroxylation is 2. The van der Waals surface area contributed by atoms with Gasteiger partial charge in [-0.05, 0) is 44.0 Å². The van der Waals surface area contributed by atoms with Gasteiger partial charge in [-0.25, -0.2) is 9.97 Å². The molecule has 0 spiro atoms. The SMILES string of the molecule is Cc1nc(Cc2ccccc2C(F)(F)F)nc(C)c1CCN. The van der Waals surface area contributed by atoms with Crippen LogP contribution in [0.4, 0.5) is 13.2 Å². The maximum absolute atomic E-state index is 13.0. The maximum atomic E-state index is 13.0. The second-order valence-corrected chi connectivity index (χ2v) is 5.16. The van der Waals surface area contributed by atoms with E-state index in [-0.39, 0.29) is 12.0 Å². The molecule has 2 aromatic rings. The fraction of sp³-hybridized carbons (Fsp3) is 0.375. The summed E-state index contributed by atoms with van der Waals surface area (Å²) < 4.78 is 39.1. The van der Waals surface area contributed by atoms with Crippen LogP contribution < -0.4 is 5.73 Å². The molecule has 0 aliphatic rings. The van der Waals surface area contributed by atoms with Crippen molar-refractivity contribution < 1.29 is 13.2 Å². The Morgan fingerprint density at radius 1 is 1.05 bits per heavy atom. The zero-order valence-electron chi connectivity index (χ0n) is 12.5. The average Bonchev–Trinajstić information content (AvgIpc) is 2.42. The van der Waals surface area contributed by atoms with Crippen LogP contribution in [0.2, 0.25) is 0 Å². The Morgan fingerprint density at radius 2 is 1.64 bits per heavy atom. The summed E-state index contributed by atoms with van der Waals surface area (Å²) in [5.41, 5.74) is 7.61. The van der Waals surface area contributed by atoms with E-state index < -0.39 is 11.7 Å². The molecular formula is C16H18F3N3. The van der Waals surface area contributed by atoms with E-state index in [4.69, 9.17) is 5.73 Å². The van der Waals surface area contributed by atoms with Crippen molar-refractivity contribution in [3.63, 3.8) is 0 Å². The Bertz CT molecular complexity index is 643. The fourth-order valence-corrected chi connectivity index (χ4v) is 2.52. The van der Waals surface area contributed by atoms with E-state index in [1.54, 1.807) is 6.07 Å². The number of hydrogen-bond acceptors (Lipinski definition) is 3. The molecule has 6 heteroatoms. The Kier molecular flexibility index (Phi) is 4.81. The second kappa shape index (κ2) is 6.44. The van der Waals surface area contributed by atoms with Gasteiger partial charge in [0.15, 0.2) is 0 Å². The van der Waals surface area contributed by atoms with Gasteiger partial charge in [-0.1, -0.05) is 18.2 Å². The summed E-state index contributed by atoms with van der Waals surface area (Å²) in [6, 6.07) is 5.52. The number of aromatic nitrogens is 2. The first-order valence-corrected chi connectivity index (χ1v) is 7.01. The van der Waals surface area contributed by atoms with Crippen LogP contribution >= 0.6 is 0 Å². The first-order chi connectivity index (χ1) is 10.3. The van der Waals surface area contributed by atoms with Crippen molar-refractivity contribution in [2.45, 2.75) is 32.9 Å². The number of nitrogens with zero attached hydrogens (tertiary/aromatic N) is 2. The van der Waals surface area contributed by atoms with Crippen LogP contribution in [0.25, 0.3) is 0 Å². The highest BCUT2D eigenvalue weighted by Gasteiger charge is 2.33. The van der Waals surface area contributed by atoms with E-state index in [1.807, 2.05) is 13.8 Å².